The van der Waals surface area contributed by atoms with Crippen LogP contribution >= 0.6 is 0 Å². The third-order valence-corrected chi connectivity index (χ3v) is 4.23. The predicted molar refractivity (Wildman–Crippen MR) is 83.8 cm³/mol. The van der Waals surface area contributed by atoms with Crippen LogP contribution in [0.15, 0.2) is 48.5 Å². The molecule has 0 aliphatic heterocycles. The maximum absolute atomic E-state index is 10.6. The second-order valence-corrected chi connectivity index (χ2v) is 5.70. The van der Waals surface area contributed by atoms with Gasteiger partial charge in [0.15, 0.2) is 0 Å². The minimum absolute atomic E-state index is 0.561. The summed E-state index contributed by atoms with van der Waals surface area (Å²) in [5.41, 5.74) is 3.31. The monoisotopic (exact) mass is 280 g/mol. The Balaban J connectivity index is 1.58. The van der Waals surface area contributed by atoms with Crippen LogP contribution in [0.4, 0.5) is 0 Å². The van der Waals surface area contributed by atoms with E-state index < -0.39 is 0 Å². The SMILES string of the molecule is O=Cc1ccc(OCc2ccc(C3CCCC3)cc2)cc1. The number of ether oxygens (including phenoxy) is 1. The lowest BCUT2D eigenvalue weighted by atomic mass is 9.97. The number of rotatable bonds is 5. The molecule has 108 valence electrons. The van der Waals surface area contributed by atoms with Crippen molar-refractivity contribution in [3.05, 3.63) is 65.2 Å². The Kier molecular flexibility index (Phi) is 4.34. The van der Waals surface area contributed by atoms with E-state index in [0.717, 1.165) is 18.0 Å². The molecule has 0 atom stereocenters. The quantitative estimate of drug-likeness (QED) is 0.740. The molecule has 0 amide bonds. The van der Waals surface area contributed by atoms with E-state index in [1.807, 2.05) is 12.1 Å². The zero-order chi connectivity index (χ0) is 14.5. The fourth-order valence-electron chi connectivity index (χ4n) is 2.95. The van der Waals surface area contributed by atoms with Gasteiger partial charge in [-0.15, -0.1) is 0 Å². The van der Waals surface area contributed by atoms with E-state index in [9.17, 15) is 4.79 Å². The van der Waals surface area contributed by atoms with Gasteiger partial charge in [-0.3, -0.25) is 4.79 Å². The molecule has 1 aliphatic rings. The van der Waals surface area contributed by atoms with Crippen LogP contribution in [0.5, 0.6) is 5.75 Å². The molecule has 2 aromatic carbocycles. The van der Waals surface area contributed by atoms with Gasteiger partial charge in [0.05, 0.1) is 0 Å². The van der Waals surface area contributed by atoms with Crippen molar-refractivity contribution < 1.29 is 9.53 Å². The van der Waals surface area contributed by atoms with Gasteiger partial charge in [0.1, 0.15) is 18.6 Å². The van der Waals surface area contributed by atoms with E-state index in [0.29, 0.717) is 12.2 Å². The molecule has 0 saturated heterocycles. The molecule has 0 unspecified atom stereocenters. The van der Waals surface area contributed by atoms with Crippen molar-refractivity contribution in [1.82, 2.24) is 0 Å². The second-order valence-electron chi connectivity index (χ2n) is 5.70. The Hall–Kier alpha value is -2.09. The first-order valence-electron chi connectivity index (χ1n) is 7.62. The second kappa shape index (κ2) is 6.57. The van der Waals surface area contributed by atoms with Gasteiger partial charge < -0.3 is 4.74 Å². The highest BCUT2D eigenvalue weighted by Crippen LogP contribution is 2.34. The molecule has 0 radical (unpaired) electrons. The zero-order valence-electron chi connectivity index (χ0n) is 12.1. The lowest BCUT2D eigenvalue weighted by molar-refractivity contribution is 0.112. The Morgan fingerprint density at radius 1 is 0.952 bits per heavy atom. The maximum atomic E-state index is 10.6. The first kappa shape index (κ1) is 13.9. The molecule has 2 heteroatoms. The van der Waals surface area contributed by atoms with E-state index in [2.05, 4.69) is 24.3 Å². The minimum Gasteiger partial charge on any atom is -0.489 e. The van der Waals surface area contributed by atoms with Gasteiger partial charge in [-0.1, -0.05) is 37.1 Å². The van der Waals surface area contributed by atoms with Crippen LogP contribution in [-0.2, 0) is 6.61 Å². The Bertz CT molecular complexity index is 578. The number of aldehydes is 1. The molecule has 1 fully saturated rings. The van der Waals surface area contributed by atoms with Gasteiger partial charge in [0.25, 0.3) is 0 Å². The lowest BCUT2D eigenvalue weighted by Gasteiger charge is -2.11. The molecule has 0 aromatic heterocycles. The maximum Gasteiger partial charge on any atom is 0.150 e. The smallest absolute Gasteiger partial charge is 0.150 e. The van der Waals surface area contributed by atoms with Crippen LogP contribution in [-0.4, -0.2) is 6.29 Å². The molecule has 0 spiro atoms. The van der Waals surface area contributed by atoms with Crippen LogP contribution in [0.2, 0.25) is 0 Å². The molecule has 0 bridgehead atoms. The standard InChI is InChI=1S/C19H20O2/c20-13-15-7-11-19(12-8-15)21-14-16-5-9-18(10-6-16)17-3-1-2-4-17/h5-13,17H,1-4,14H2. The average Bonchev–Trinajstić information content (AvgIpc) is 3.08. The van der Waals surface area contributed by atoms with Crippen molar-refractivity contribution in [3.63, 3.8) is 0 Å². The van der Waals surface area contributed by atoms with E-state index in [-0.39, 0.29) is 0 Å². The predicted octanol–water partition coefficient (Wildman–Crippen LogP) is 4.74. The molecule has 0 N–H and O–H groups in total. The number of carbonyl (C=O) groups is 1. The molecular formula is C19H20O2. The largest absolute Gasteiger partial charge is 0.489 e. The van der Waals surface area contributed by atoms with Gasteiger partial charge in [-0.05, 0) is 54.2 Å². The van der Waals surface area contributed by atoms with E-state index in [1.165, 1.54) is 36.8 Å². The number of benzene rings is 2. The van der Waals surface area contributed by atoms with Gasteiger partial charge in [-0.25, -0.2) is 0 Å². The van der Waals surface area contributed by atoms with Crippen molar-refractivity contribution in [3.8, 4) is 5.75 Å². The third kappa shape index (κ3) is 3.52. The van der Waals surface area contributed by atoms with E-state index in [1.54, 1.807) is 12.1 Å². The van der Waals surface area contributed by atoms with Crippen molar-refractivity contribution in [2.24, 2.45) is 0 Å². The number of hydrogen-bond donors (Lipinski definition) is 0. The number of hydrogen-bond acceptors (Lipinski definition) is 2. The van der Waals surface area contributed by atoms with Crippen LogP contribution in [0, 0.1) is 0 Å². The summed E-state index contributed by atoms with van der Waals surface area (Å²) in [4.78, 5) is 10.6. The summed E-state index contributed by atoms with van der Waals surface area (Å²) in [5, 5.41) is 0. The highest BCUT2D eigenvalue weighted by Gasteiger charge is 2.16. The van der Waals surface area contributed by atoms with Crippen molar-refractivity contribution in [1.29, 1.82) is 0 Å². The highest BCUT2D eigenvalue weighted by molar-refractivity contribution is 5.74. The van der Waals surface area contributed by atoms with Crippen LogP contribution < -0.4 is 4.74 Å². The topological polar surface area (TPSA) is 26.3 Å². The van der Waals surface area contributed by atoms with Crippen molar-refractivity contribution >= 4 is 6.29 Å². The van der Waals surface area contributed by atoms with Crippen LogP contribution in [0.3, 0.4) is 0 Å². The fourth-order valence-corrected chi connectivity index (χ4v) is 2.95. The van der Waals surface area contributed by atoms with E-state index in [4.69, 9.17) is 4.74 Å². The third-order valence-electron chi connectivity index (χ3n) is 4.23. The highest BCUT2D eigenvalue weighted by atomic mass is 16.5. The molecule has 21 heavy (non-hydrogen) atoms. The molecule has 1 aliphatic carbocycles. The molecule has 2 nitrogen and oxygen atoms in total. The Morgan fingerprint density at radius 3 is 2.24 bits per heavy atom. The van der Waals surface area contributed by atoms with E-state index >= 15 is 0 Å². The summed E-state index contributed by atoms with van der Waals surface area (Å²) in [6.07, 6.45) is 6.24. The minimum atomic E-state index is 0.561. The van der Waals surface area contributed by atoms with Crippen molar-refractivity contribution in [2.75, 3.05) is 0 Å². The molecule has 1 saturated carbocycles. The average molecular weight is 280 g/mol. The normalized spacial score (nSPS) is 15.0. The molecular weight excluding hydrogens is 260 g/mol. The van der Waals surface area contributed by atoms with Crippen LogP contribution in [0.25, 0.3) is 0 Å². The zero-order valence-corrected chi connectivity index (χ0v) is 12.1. The Labute approximate surface area is 125 Å². The first-order chi connectivity index (χ1) is 10.3. The summed E-state index contributed by atoms with van der Waals surface area (Å²) in [7, 11) is 0. The van der Waals surface area contributed by atoms with Gasteiger partial charge in [-0.2, -0.15) is 0 Å². The summed E-state index contributed by atoms with van der Waals surface area (Å²) >= 11 is 0. The summed E-state index contributed by atoms with van der Waals surface area (Å²) in [6.45, 7) is 0.561. The van der Waals surface area contributed by atoms with Crippen LogP contribution in [0.1, 0.15) is 53.1 Å². The summed E-state index contributed by atoms with van der Waals surface area (Å²) < 4.78 is 5.74. The van der Waals surface area contributed by atoms with Gasteiger partial charge in [0, 0.05) is 5.56 Å². The van der Waals surface area contributed by atoms with Gasteiger partial charge >= 0.3 is 0 Å². The lowest BCUT2D eigenvalue weighted by Crippen LogP contribution is -1.97. The molecule has 0 heterocycles. The Morgan fingerprint density at radius 2 is 1.62 bits per heavy atom. The molecule has 3 rings (SSSR count). The first-order valence-corrected chi connectivity index (χ1v) is 7.62. The number of carbonyl (C=O) groups excluding carboxylic acids is 1. The van der Waals surface area contributed by atoms with Crippen molar-refractivity contribution in [2.45, 2.75) is 38.2 Å². The van der Waals surface area contributed by atoms with Gasteiger partial charge in [0.2, 0.25) is 0 Å². The molecule has 2 aromatic rings. The fraction of sp³-hybridized carbons (Fsp3) is 0.316. The summed E-state index contributed by atoms with van der Waals surface area (Å²) in [6, 6.07) is 16.0. The summed E-state index contributed by atoms with van der Waals surface area (Å²) in [5.74, 6) is 1.55.